The highest BCUT2D eigenvalue weighted by Gasteiger charge is 2.13. The van der Waals surface area contributed by atoms with Crippen molar-refractivity contribution in [2.45, 2.75) is 33.2 Å². The molecule has 0 bridgehead atoms. The van der Waals surface area contributed by atoms with Crippen molar-refractivity contribution in [2.75, 3.05) is 13.2 Å². The van der Waals surface area contributed by atoms with Crippen LogP contribution in [0.1, 0.15) is 37.9 Å². The van der Waals surface area contributed by atoms with E-state index in [-0.39, 0.29) is 6.04 Å². The number of amides is 1. The van der Waals surface area contributed by atoms with Gasteiger partial charge in [0.05, 0.1) is 12.6 Å². The van der Waals surface area contributed by atoms with E-state index in [0.29, 0.717) is 19.1 Å². The summed E-state index contributed by atoms with van der Waals surface area (Å²) in [5.74, 6) is 0.633. The van der Waals surface area contributed by atoms with E-state index in [1.807, 2.05) is 12.1 Å². The van der Waals surface area contributed by atoms with E-state index in [9.17, 15) is 4.79 Å². The molecule has 1 unspecified atom stereocenters. The second kappa shape index (κ2) is 7.79. The van der Waals surface area contributed by atoms with Gasteiger partial charge >= 0.3 is 6.09 Å². The van der Waals surface area contributed by atoms with Gasteiger partial charge in [-0.25, -0.2) is 4.79 Å². The number of rotatable bonds is 6. The molecule has 1 rings (SSSR count). The Morgan fingerprint density at radius 3 is 2.42 bits per heavy atom. The first kappa shape index (κ1) is 15.5. The number of nitrogens with two attached hydrogens (primary N) is 1. The summed E-state index contributed by atoms with van der Waals surface area (Å²) >= 11 is 0. The molecule has 0 saturated carbocycles. The maximum atomic E-state index is 11.4. The maximum Gasteiger partial charge on any atom is 0.407 e. The van der Waals surface area contributed by atoms with Crippen molar-refractivity contribution in [3.05, 3.63) is 35.4 Å². The van der Waals surface area contributed by atoms with Crippen LogP contribution in [-0.2, 0) is 11.2 Å². The van der Waals surface area contributed by atoms with Gasteiger partial charge in [0.1, 0.15) is 0 Å². The Kier molecular flexibility index (Phi) is 6.36. The normalized spacial score (nSPS) is 12.3. The SMILES string of the molecule is CCOC(=O)NC(CN)c1ccc(CC(C)C)cc1. The number of alkyl carbamates (subject to hydrolysis) is 1. The lowest BCUT2D eigenvalue weighted by Crippen LogP contribution is -2.33. The van der Waals surface area contributed by atoms with Crippen molar-refractivity contribution >= 4 is 6.09 Å². The van der Waals surface area contributed by atoms with Crippen molar-refractivity contribution in [3.63, 3.8) is 0 Å². The third kappa shape index (κ3) is 5.30. The monoisotopic (exact) mass is 264 g/mol. The highest BCUT2D eigenvalue weighted by atomic mass is 16.5. The first-order chi connectivity index (χ1) is 9.06. The molecule has 0 fully saturated rings. The standard InChI is InChI=1S/C15H24N2O2/c1-4-19-15(18)17-14(10-16)13-7-5-12(6-8-13)9-11(2)3/h5-8,11,14H,4,9-10,16H2,1-3H3,(H,17,18). The summed E-state index contributed by atoms with van der Waals surface area (Å²) in [7, 11) is 0. The highest BCUT2D eigenvalue weighted by molar-refractivity contribution is 5.67. The zero-order valence-corrected chi connectivity index (χ0v) is 12.0. The molecule has 1 amide bonds. The van der Waals surface area contributed by atoms with Crippen molar-refractivity contribution < 1.29 is 9.53 Å². The van der Waals surface area contributed by atoms with Crippen molar-refractivity contribution in [1.82, 2.24) is 5.32 Å². The summed E-state index contributed by atoms with van der Waals surface area (Å²) in [6.07, 6.45) is 0.628. The minimum Gasteiger partial charge on any atom is -0.450 e. The van der Waals surface area contributed by atoms with Gasteiger partial charge in [0.25, 0.3) is 0 Å². The number of ether oxygens (including phenoxy) is 1. The molecule has 0 aromatic heterocycles. The van der Waals surface area contributed by atoms with Crippen LogP contribution in [0.3, 0.4) is 0 Å². The minimum atomic E-state index is -0.427. The van der Waals surface area contributed by atoms with Gasteiger partial charge < -0.3 is 15.8 Å². The van der Waals surface area contributed by atoms with E-state index >= 15 is 0 Å². The predicted octanol–water partition coefficient (Wildman–Crippen LogP) is 2.63. The highest BCUT2D eigenvalue weighted by Crippen LogP contribution is 2.15. The maximum absolute atomic E-state index is 11.4. The van der Waals surface area contributed by atoms with Gasteiger partial charge in [0.2, 0.25) is 0 Å². The van der Waals surface area contributed by atoms with Gasteiger partial charge in [-0.05, 0) is 30.4 Å². The molecular weight excluding hydrogens is 240 g/mol. The molecule has 0 spiro atoms. The lowest BCUT2D eigenvalue weighted by molar-refractivity contribution is 0.148. The van der Waals surface area contributed by atoms with E-state index in [2.05, 4.69) is 31.3 Å². The number of nitrogens with one attached hydrogen (secondary N) is 1. The molecule has 0 heterocycles. The largest absolute Gasteiger partial charge is 0.450 e. The first-order valence-electron chi connectivity index (χ1n) is 6.79. The first-order valence-corrected chi connectivity index (χ1v) is 6.79. The summed E-state index contributed by atoms with van der Waals surface area (Å²) in [5.41, 5.74) is 8.00. The lowest BCUT2D eigenvalue weighted by Gasteiger charge is -2.17. The lowest BCUT2D eigenvalue weighted by atomic mass is 9.99. The number of carbonyl (C=O) groups is 1. The van der Waals surface area contributed by atoms with Gasteiger partial charge in [-0.2, -0.15) is 0 Å². The molecule has 1 aromatic carbocycles. The fraction of sp³-hybridized carbons (Fsp3) is 0.533. The van der Waals surface area contributed by atoms with Crippen LogP contribution in [0.5, 0.6) is 0 Å². The summed E-state index contributed by atoms with van der Waals surface area (Å²) in [6.45, 7) is 6.87. The number of carbonyl (C=O) groups excluding carboxylic acids is 1. The zero-order chi connectivity index (χ0) is 14.3. The molecule has 3 N–H and O–H groups in total. The topological polar surface area (TPSA) is 64.3 Å². The molecular formula is C15H24N2O2. The van der Waals surface area contributed by atoms with Crippen LogP contribution in [0.25, 0.3) is 0 Å². The van der Waals surface area contributed by atoms with E-state index in [1.165, 1.54) is 5.56 Å². The molecule has 0 aliphatic heterocycles. The van der Waals surface area contributed by atoms with Gasteiger partial charge in [-0.15, -0.1) is 0 Å². The second-order valence-electron chi connectivity index (χ2n) is 4.99. The molecule has 1 atom stereocenters. The van der Waals surface area contributed by atoms with Crippen molar-refractivity contribution in [1.29, 1.82) is 0 Å². The molecule has 106 valence electrons. The molecule has 1 aromatic rings. The molecule has 4 heteroatoms. The van der Waals surface area contributed by atoms with E-state index in [1.54, 1.807) is 6.92 Å². The molecule has 0 aliphatic rings. The molecule has 0 radical (unpaired) electrons. The van der Waals surface area contributed by atoms with E-state index in [4.69, 9.17) is 10.5 Å². The molecule has 19 heavy (non-hydrogen) atoms. The molecule has 4 nitrogen and oxygen atoms in total. The zero-order valence-electron chi connectivity index (χ0n) is 12.0. The van der Waals surface area contributed by atoms with Crippen LogP contribution < -0.4 is 11.1 Å². The van der Waals surface area contributed by atoms with Gasteiger partial charge in [-0.3, -0.25) is 0 Å². The summed E-state index contributed by atoms with van der Waals surface area (Å²) in [6, 6.07) is 8.01. The summed E-state index contributed by atoms with van der Waals surface area (Å²) in [5, 5.41) is 2.76. The van der Waals surface area contributed by atoms with Gasteiger partial charge in [-0.1, -0.05) is 38.1 Å². The third-order valence-electron chi connectivity index (χ3n) is 2.83. The third-order valence-corrected chi connectivity index (χ3v) is 2.83. The second-order valence-corrected chi connectivity index (χ2v) is 4.99. The van der Waals surface area contributed by atoms with Crippen LogP contribution in [0, 0.1) is 5.92 Å². The summed E-state index contributed by atoms with van der Waals surface area (Å²) in [4.78, 5) is 11.4. The molecule has 0 saturated heterocycles. The number of hydrogen-bond donors (Lipinski definition) is 2. The molecule has 0 aliphatic carbocycles. The van der Waals surface area contributed by atoms with E-state index in [0.717, 1.165) is 12.0 Å². The van der Waals surface area contributed by atoms with Crippen LogP contribution in [-0.4, -0.2) is 19.2 Å². The van der Waals surface area contributed by atoms with Crippen LogP contribution in [0.15, 0.2) is 24.3 Å². The number of hydrogen-bond acceptors (Lipinski definition) is 3. The minimum absolute atomic E-state index is 0.202. The quantitative estimate of drug-likeness (QED) is 0.830. The van der Waals surface area contributed by atoms with Gasteiger partial charge in [0.15, 0.2) is 0 Å². The van der Waals surface area contributed by atoms with Crippen LogP contribution in [0.4, 0.5) is 4.79 Å². The Labute approximate surface area is 115 Å². The smallest absolute Gasteiger partial charge is 0.407 e. The summed E-state index contributed by atoms with van der Waals surface area (Å²) < 4.78 is 4.87. The van der Waals surface area contributed by atoms with Crippen LogP contribution >= 0.6 is 0 Å². The average Bonchev–Trinajstić information content (AvgIpc) is 2.37. The Balaban J connectivity index is 2.68. The van der Waals surface area contributed by atoms with Gasteiger partial charge in [0, 0.05) is 6.54 Å². The Hall–Kier alpha value is -1.55. The fourth-order valence-electron chi connectivity index (χ4n) is 1.95. The van der Waals surface area contributed by atoms with Crippen molar-refractivity contribution in [2.24, 2.45) is 11.7 Å². The fourth-order valence-corrected chi connectivity index (χ4v) is 1.95. The van der Waals surface area contributed by atoms with E-state index < -0.39 is 6.09 Å². The van der Waals surface area contributed by atoms with Crippen molar-refractivity contribution in [3.8, 4) is 0 Å². The Bertz CT molecular complexity index is 388. The Morgan fingerprint density at radius 2 is 1.95 bits per heavy atom. The van der Waals surface area contributed by atoms with Crippen LogP contribution in [0.2, 0.25) is 0 Å². The Morgan fingerprint density at radius 1 is 1.32 bits per heavy atom. The average molecular weight is 264 g/mol. The number of benzene rings is 1. The predicted molar refractivity (Wildman–Crippen MR) is 76.9 cm³/mol.